The van der Waals surface area contributed by atoms with Gasteiger partial charge in [0.25, 0.3) is 5.91 Å². The number of carbonyl (C=O) groups is 1. The molecular weight excluding hydrogens is 276 g/mol. The van der Waals surface area contributed by atoms with Crippen molar-refractivity contribution >= 4 is 11.6 Å². The number of likely N-dealkylation sites (N-methyl/N-ethyl adjacent to an activating group) is 1. The molecule has 0 atom stereocenters. The van der Waals surface area contributed by atoms with E-state index in [1.54, 1.807) is 25.2 Å². The van der Waals surface area contributed by atoms with Gasteiger partial charge in [0, 0.05) is 13.1 Å². The zero-order chi connectivity index (χ0) is 15.2. The highest BCUT2D eigenvalue weighted by Crippen LogP contribution is 2.25. The monoisotopic (exact) mass is 290 g/mol. The second kappa shape index (κ2) is 6.56. The molecule has 1 amide bonds. The van der Waals surface area contributed by atoms with E-state index in [2.05, 4.69) is 0 Å². The summed E-state index contributed by atoms with van der Waals surface area (Å²) < 4.78 is 10.4. The summed E-state index contributed by atoms with van der Waals surface area (Å²) in [5, 5.41) is 10.8. The second-order valence-electron chi connectivity index (χ2n) is 4.34. The Morgan fingerprint density at radius 2 is 2.10 bits per heavy atom. The minimum absolute atomic E-state index is 0.0715. The Morgan fingerprint density at radius 3 is 2.76 bits per heavy atom. The maximum atomic E-state index is 11.9. The van der Waals surface area contributed by atoms with Gasteiger partial charge in [-0.25, -0.2) is 0 Å². The van der Waals surface area contributed by atoms with E-state index in [1.807, 2.05) is 0 Å². The Labute approximate surface area is 120 Å². The summed E-state index contributed by atoms with van der Waals surface area (Å²) in [6.07, 6.45) is 1.53. The van der Waals surface area contributed by atoms with Crippen molar-refractivity contribution in [2.24, 2.45) is 0 Å². The number of carbonyl (C=O) groups excluding carboxylic acids is 1. The van der Waals surface area contributed by atoms with Crippen LogP contribution in [0.15, 0.2) is 47.1 Å². The second-order valence-corrected chi connectivity index (χ2v) is 4.34. The number of benzene rings is 1. The molecule has 1 aromatic carbocycles. The predicted molar refractivity (Wildman–Crippen MR) is 73.8 cm³/mol. The number of nitrogens with zero attached hydrogens (tertiary/aromatic N) is 2. The maximum absolute atomic E-state index is 11.9. The van der Waals surface area contributed by atoms with E-state index < -0.39 is 4.92 Å². The zero-order valence-corrected chi connectivity index (χ0v) is 11.4. The minimum atomic E-state index is -0.549. The Hall–Kier alpha value is -2.83. The predicted octanol–water partition coefficient (Wildman–Crippen LogP) is 2.23. The van der Waals surface area contributed by atoms with Crippen LogP contribution in [0.1, 0.15) is 5.76 Å². The lowest BCUT2D eigenvalue weighted by Crippen LogP contribution is -2.30. The molecule has 7 nitrogen and oxygen atoms in total. The highest BCUT2D eigenvalue weighted by Gasteiger charge is 2.16. The van der Waals surface area contributed by atoms with E-state index in [9.17, 15) is 14.9 Å². The molecule has 0 N–H and O–H groups in total. The number of hydrogen-bond acceptors (Lipinski definition) is 5. The summed E-state index contributed by atoms with van der Waals surface area (Å²) in [5.74, 6) is 0.420. The van der Waals surface area contributed by atoms with Crippen LogP contribution in [0.25, 0.3) is 0 Å². The van der Waals surface area contributed by atoms with Crippen molar-refractivity contribution in [2.45, 2.75) is 6.54 Å². The molecule has 0 unspecified atom stereocenters. The lowest BCUT2D eigenvalue weighted by atomic mass is 10.3. The van der Waals surface area contributed by atoms with Crippen LogP contribution in [0.4, 0.5) is 5.69 Å². The number of ether oxygens (including phenoxy) is 1. The van der Waals surface area contributed by atoms with Crippen LogP contribution in [0.3, 0.4) is 0 Å². The van der Waals surface area contributed by atoms with Crippen LogP contribution in [-0.2, 0) is 11.3 Å². The number of furan rings is 1. The van der Waals surface area contributed by atoms with Crippen LogP contribution in [0, 0.1) is 10.1 Å². The summed E-state index contributed by atoms with van der Waals surface area (Å²) in [5.41, 5.74) is -0.168. The molecule has 0 radical (unpaired) electrons. The third kappa shape index (κ3) is 3.82. The quantitative estimate of drug-likeness (QED) is 0.601. The Bertz CT molecular complexity index is 624. The van der Waals surface area contributed by atoms with E-state index in [0.717, 1.165) is 0 Å². The van der Waals surface area contributed by atoms with Crippen molar-refractivity contribution in [3.05, 3.63) is 58.5 Å². The van der Waals surface area contributed by atoms with E-state index in [-0.39, 0.29) is 24.0 Å². The molecule has 0 bridgehead atoms. The standard InChI is InChI=1S/C14H14N2O5/c1-15(9-11-5-4-8-20-11)14(17)10-21-13-7-3-2-6-12(13)16(18)19/h2-8H,9-10H2,1H3. The van der Waals surface area contributed by atoms with Gasteiger partial charge >= 0.3 is 5.69 Å². The average molecular weight is 290 g/mol. The van der Waals surface area contributed by atoms with Crippen LogP contribution >= 0.6 is 0 Å². The van der Waals surface area contributed by atoms with Gasteiger partial charge in [0.05, 0.1) is 17.7 Å². The van der Waals surface area contributed by atoms with Crippen LogP contribution in [0.2, 0.25) is 0 Å². The molecule has 0 saturated heterocycles. The fourth-order valence-corrected chi connectivity index (χ4v) is 1.70. The molecular formula is C14H14N2O5. The van der Waals surface area contributed by atoms with Gasteiger partial charge in [-0.2, -0.15) is 0 Å². The van der Waals surface area contributed by atoms with E-state index in [1.165, 1.54) is 29.4 Å². The molecule has 1 aromatic heterocycles. The number of para-hydroxylation sites is 2. The van der Waals surface area contributed by atoms with Crippen molar-refractivity contribution in [3.63, 3.8) is 0 Å². The number of nitro groups is 1. The summed E-state index contributed by atoms with van der Waals surface area (Å²) >= 11 is 0. The van der Waals surface area contributed by atoms with Crippen molar-refractivity contribution in [2.75, 3.05) is 13.7 Å². The third-order valence-corrected chi connectivity index (χ3v) is 2.81. The van der Waals surface area contributed by atoms with E-state index in [4.69, 9.17) is 9.15 Å². The van der Waals surface area contributed by atoms with Crippen molar-refractivity contribution < 1.29 is 18.9 Å². The van der Waals surface area contributed by atoms with Crippen LogP contribution < -0.4 is 4.74 Å². The highest BCUT2D eigenvalue weighted by molar-refractivity contribution is 5.77. The lowest BCUT2D eigenvalue weighted by Gasteiger charge is -2.16. The van der Waals surface area contributed by atoms with E-state index in [0.29, 0.717) is 12.3 Å². The first-order valence-electron chi connectivity index (χ1n) is 6.20. The fraction of sp³-hybridized carbons (Fsp3) is 0.214. The summed E-state index contributed by atoms with van der Waals surface area (Å²) in [6, 6.07) is 9.42. The van der Waals surface area contributed by atoms with Crippen molar-refractivity contribution in [1.82, 2.24) is 4.90 Å². The molecule has 7 heteroatoms. The minimum Gasteiger partial charge on any atom is -0.477 e. The van der Waals surface area contributed by atoms with E-state index >= 15 is 0 Å². The average Bonchev–Trinajstić information content (AvgIpc) is 2.97. The van der Waals surface area contributed by atoms with Gasteiger partial charge in [-0.15, -0.1) is 0 Å². The van der Waals surface area contributed by atoms with Gasteiger partial charge in [0.2, 0.25) is 0 Å². The molecule has 2 rings (SSSR count). The van der Waals surface area contributed by atoms with Crippen LogP contribution in [-0.4, -0.2) is 29.4 Å². The van der Waals surface area contributed by atoms with Crippen molar-refractivity contribution in [1.29, 1.82) is 0 Å². The molecule has 0 spiro atoms. The number of nitro benzene ring substituents is 1. The first-order chi connectivity index (χ1) is 10.1. The summed E-state index contributed by atoms with van der Waals surface area (Å²) in [6.45, 7) is 0.0359. The topological polar surface area (TPSA) is 85.8 Å². The van der Waals surface area contributed by atoms with Crippen LogP contribution in [0.5, 0.6) is 5.75 Å². The maximum Gasteiger partial charge on any atom is 0.310 e. The number of amides is 1. The van der Waals surface area contributed by atoms with Gasteiger partial charge < -0.3 is 14.1 Å². The molecule has 0 saturated carbocycles. The van der Waals surface area contributed by atoms with Gasteiger partial charge in [0.1, 0.15) is 5.76 Å². The smallest absolute Gasteiger partial charge is 0.310 e. The molecule has 0 fully saturated rings. The molecule has 2 aromatic rings. The Kier molecular flexibility index (Phi) is 4.55. The zero-order valence-electron chi connectivity index (χ0n) is 11.4. The first kappa shape index (κ1) is 14.6. The molecule has 0 aliphatic heterocycles. The normalized spacial score (nSPS) is 10.1. The molecule has 21 heavy (non-hydrogen) atoms. The SMILES string of the molecule is CN(Cc1ccco1)C(=O)COc1ccccc1[N+](=O)[O-]. The Balaban J connectivity index is 1.93. The van der Waals surface area contributed by atoms with Gasteiger partial charge in [-0.1, -0.05) is 12.1 Å². The summed E-state index contributed by atoms with van der Waals surface area (Å²) in [7, 11) is 1.60. The molecule has 0 aliphatic carbocycles. The fourth-order valence-electron chi connectivity index (χ4n) is 1.70. The Morgan fingerprint density at radius 1 is 1.33 bits per heavy atom. The molecule has 1 heterocycles. The lowest BCUT2D eigenvalue weighted by molar-refractivity contribution is -0.385. The number of rotatable bonds is 6. The largest absolute Gasteiger partial charge is 0.477 e. The van der Waals surface area contributed by atoms with Crippen molar-refractivity contribution in [3.8, 4) is 5.75 Å². The summed E-state index contributed by atoms with van der Waals surface area (Å²) in [4.78, 5) is 23.6. The molecule has 110 valence electrons. The molecule has 0 aliphatic rings. The van der Waals surface area contributed by atoms with Gasteiger partial charge in [-0.3, -0.25) is 14.9 Å². The highest BCUT2D eigenvalue weighted by atomic mass is 16.6. The first-order valence-corrected chi connectivity index (χ1v) is 6.20. The number of hydrogen-bond donors (Lipinski definition) is 0. The van der Waals surface area contributed by atoms with Gasteiger partial charge in [0.15, 0.2) is 12.4 Å². The third-order valence-electron chi connectivity index (χ3n) is 2.81. The van der Waals surface area contributed by atoms with Gasteiger partial charge in [-0.05, 0) is 18.2 Å².